The van der Waals surface area contributed by atoms with Crippen molar-refractivity contribution < 1.29 is 4.79 Å². The van der Waals surface area contributed by atoms with Gasteiger partial charge in [0.15, 0.2) is 0 Å². The predicted molar refractivity (Wildman–Crippen MR) is 83.1 cm³/mol. The second-order valence-electron chi connectivity index (χ2n) is 6.35. The average molecular weight is 270 g/mol. The number of amides is 1. The molecule has 0 spiro atoms. The molecule has 114 valence electrons. The van der Waals surface area contributed by atoms with Gasteiger partial charge >= 0.3 is 0 Å². The smallest absolute Gasteiger partial charge is 0.220 e. The highest BCUT2D eigenvalue weighted by Crippen LogP contribution is 2.22. The van der Waals surface area contributed by atoms with E-state index in [1.807, 2.05) is 0 Å². The predicted octanol–water partition coefficient (Wildman–Crippen LogP) is 3.62. The second kappa shape index (κ2) is 11.3. The zero-order valence-corrected chi connectivity index (χ0v) is 13.3. The molecule has 0 aliphatic rings. The molecule has 0 atom stereocenters. The first-order chi connectivity index (χ1) is 9.02. The van der Waals surface area contributed by atoms with Crippen molar-refractivity contribution in [3.05, 3.63) is 0 Å². The van der Waals surface area contributed by atoms with Crippen LogP contribution in [0.25, 0.3) is 0 Å². The normalized spacial score (nSPS) is 11.6. The lowest BCUT2D eigenvalue weighted by atomic mass is 9.87. The summed E-state index contributed by atoms with van der Waals surface area (Å²) in [7, 11) is 0. The Morgan fingerprint density at radius 1 is 1.05 bits per heavy atom. The first-order valence-corrected chi connectivity index (χ1v) is 7.98. The van der Waals surface area contributed by atoms with Gasteiger partial charge in [0.05, 0.1) is 0 Å². The second-order valence-corrected chi connectivity index (χ2v) is 6.35. The molecule has 0 fully saturated rings. The van der Waals surface area contributed by atoms with Crippen LogP contribution >= 0.6 is 0 Å². The molecule has 19 heavy (non-hydrogen) atoms. The van der Waals surface area contributed by atoms with E-state index in [-0.39, 0.29) is 11.3 Å². The number of unbranched alkanes of at least 4 members (excludes halogenated alkanes) is 5. The van der Waals surface area contributed by atoms with E-state index in [1.54, 1.807) is 0 Å². The third-order valence-electron chi connectivity index (χ3n) is 3.58. The molecule has 3 heteroatoms. The Kier molecular flexibility index (Phi) is 10.9. The van der Waals surface area contributed by atoms with Crippen LogP contribution in [-0.4, -0.2) is 19.0 Å². The van der Waals surface area contributed by atoms with E-state index in [1.165, 1.54) is 25.7 Å². The Morgan fingerprint density at radius 3 is 2.37 bits per heavy atom. The first-order valence-electron chi connectivity index (χ1n) is 7.98. The van der Waals surface area contributed by atoms with E-state index in [9.17, 15) is 4.79 Å². The molecule has 0 aromatic heterocycles. The van der Waals surface area contributed by atoms with Gasteiger partial charge in [0, 0.05) is 13.0 Å². The molecule has 0 saturated heterocycles. The number of rotatable bonds is 12. The molecule has 0 aliphatic carbocycles. The lowest BCUT2D eigenvalue weighted by Crippen LogP contribution is -2.33. The minimum absolute atomic E-state index is 0.205. The molecule has 0 unspecified atom stereocenters. The highest BCUT2D eigenvalue weighted by Gasteiger charge is 2.17. The molecule has 0 heterocycles. The summed E-state index contributed by atoms with van der Waals surface area (Å²) in [5, 5.41) is 3.08. The number of carbonyl (C=O) groups excluding carboxylic acids is 1. The van der Waals surface area contributed by atoms with Gasteiger partial charge in [0.1, 0.15) is 0 Å². The zero-order chi connectivity index (χ0) is 14.6. The zero-order valence-electron chi connectivity index (χ0n) is 13.3. The van der Waals surface area contributed by atoms with Gasteiger partial charge in [-0.3, -0.25) is 4.79 Å². The summed E-state index contributed by atoms with van der Waals surface area (Å²) in [6, 6.07) is 0. The highest BCUT2D eigenvalue weighted by molar-refractivity contribution is 5.75. The Morgan fingerprint density at radius 2 is 1.74 bits per heavy atom. The summed E-state index contributed by atoms with van der Waals surface area (Å²) in [6.45, 7) is 8.27. The van der Waals surface area contributed by atoms with Crippen LogP contribution < -0.4 is 11.1 Å². The molecular weight excluding hydrogens is 236 g/mol. The molecule has 0 aromatic rings. The standard InChI is InChI=1S/C16H34N2O/c1-4-5-9-12-16(2,3)14-18-15(19)11-8-6-7-10-13-17/h4-14,17H2,1-3H3,(H,18,19). The number of carbonyl (C=O) groups is 1. The van der Waals surface area contributed by atoms with Crippen molar-refractivity contribution in [1.29, 1.82) is 0 Å². The van der Waals surface area contributed by atoms with E-state index in [0.29, 0.717) is 6.42 Å². The van der Waals surface area contributed by atoms with E-state index >= 15 is 0 Å². The van der Waals surface area contributed by atoms with Gasteiger partial charge in [0.25, 0.3) is 0 Å². The van der Waals surface area contributed by atoms with Crippen molar-refractivity contribution in [3.8, 4) is 0 Å². The fourth-order valence-electron chi connectivity index (χ4n) is 2.15. The van der Waals surface area contributed by atoms with Crippen molar-refractivity contribution >= 4 is 5.91 Å². The minimum atomic E-state index is 0.205. The Balaban J connectivity index is 3.59. The van der Waals surface area contributed by atoms with Gasteiger partial charge in [-0.25, -0.2) is 0 Å². The van der Waals surface area contributed by atoms with Crippen molar-refractivity contribution in [2.45, 2.75) is 78.6 Å². The average Bonchev–Trinajstić information content (AvgIpc) is 2.36. The summed E-state index contributed by atoms with van der Waals surface area (Å²) in [4.78, 5) is 11.7. The van der Waals surface area contributed by atoms with E-state index in [4.69, 9.17) is 5.73 Å². The molecule has 0 bridgehead atoms. The van der Waals surface area contributed by atoms with Crippen molar-refractivity contribution in [2.75, 3.05) is 13.1 Å². The van der Waals surface area contributed by atoms with Crippen LogP contribution in [0.1, 0.15) is 78.6 Å². The maximum Gasteiger partial charge on any atom is 0.220 e. The summed E-state index contributed by atoms with van der Waals surface area (Å²) in [5.41, 5.74) is 5.66. The SMILES string of the molecule is CCCCCC(C)(C)CNC(=O)CCCCCCN. The third kappa shape index (κ3) is 12.2. The monoisotopic (exact) mass is 270 g/mol. The molecule has 3 nitrogen and oxygen atoms in total. The largest absolute Gasteiger partial charge is 0.356 e. The summed E-state index contributed by atoms with van der Waals surface area (Å²) < 4.78 is 0. The fraction of sp³-hybridized carbons (Fsp3) is 0.938. The van der Waals surface area contributed by atoms with Crippen molar-refractivity contribution in [1.82, 2.24) is 5.32 Å². The van der Waals surface area contributed by atoms with Crippen LogP contribution in [0.2, 0.25) is 0 Å². The molecular formula is C16H34N2O. The van der Waals surface area contributed by atoms with E-state index in [2.05, 4.69) is 26.1 Å². The first kappa shape index (κ1) is 18.4. The minimum Gasteiger partial charge on any atom is -0.356 e. The van der Waals surface area contributed by atoms with E-state index in [0.717, 1.165) is 38.8 Å². The fourth-order valence-corrected chi connectivity index (χ4v) is 2.15. The van der Waals surface area contributed by atoms with Crippen LogP contribution in [0.4, 0.5) is 0 Å². The van der Waals surface area contributed by atoms with E-state index < -0.39 is 0 Å². The van der Waals surface area contributed by atoms with Crippen LogP contribution in [0.15, 0.2) is 0 Å². The number of nitrogens with two attached hydrogens (primary N) is 1. The van der Waals surface area contributed by atoms with Crippen molar-refractivity contribution in [3.63, 3.8) is 0 Å². The molecule has 0 rings (SSSR count). The van der Waals surface area contributed by atoms with Gasteiger partial charge in [0.2, 0.25) is 5.91 Å². The van der Waals surface area contributed by atoms with Gasteiger partial charge in [-0.15, -0.1) is 0 Å². The summed E-state index contributed by atoms with van der Waals surface area (Å²) >= 11 is 0. The van der Waals surface area contributed by atoms with Gasteiger partial charge in [-0.2, -0.15) is 0 Å². The molecule has 3 N–H and O–H groups in total. The Labute approximate surface area is 119 Å². The molecule has 0 aromatic carbocycles. The maximum absolute atomic E-state index is 11.7. The van der Waals surface area contributed by atoms with Crippen molar-refractivity contribution in [2.24, 2.45) is 11.1 Å². The molecule has 1 amide bonds. The molecule has 0 aliphatic heterocycles. The number of nitrogens with one attached hydrogen (secondary N) is 1. The Hall–Kier alpha value is -0.570. The summed E-state index contributed by atoms with van der Waals surface area (Å²) in [5.74, 6) is 0.205. The summed E-state index contributed by atoms with van der Waals surface area (Å²) in [6.07, 6.45) is 9.99. The third-order valence-corrected chi connectivity index (χ3v) is 3.58. The maximum atomic E-state index is 11.7. The van der Waals surface area contributed by atoms with Gasteiger partial charge in [-0.1, -0.05) is 52.9 Å². The number of hydrogen-bond acceptors (Lipinski definition) is 2. The van der Waals surface area contributed by atoms with Gasteiger partial charge < -0.3 is 11.1 Å². The molecule has 0 saturated carbocycles. The van der Waals surface area contributed by atoms with Crippen LogP contribution in [0.3, 0.4) is 0 Å². The highest BCUT2D eigenvalue weighted by atomic mass is 16.1. The lowest BCUT2D eigenvalue weighted by Gasteiger charge is -2.25. The molecule has 0 radical (unpaired) electrons. The quantitative estimate of drug-likeness (QED) is 0.532. The Bertz CT molecular complexity index is 227. The van der Waals surface area contributed by atoms with Crippen LogP contribution in [-0.2, 0) is 4.79 Å². The van der Waals surface area contributed by atoms with Crippen LogP contribution in [0.5, 0.6) is 0 Å². The topological polar surface area (TPSA) is 55.1 Å². The van der Waals surface area contributed by atoms with Crippen LogP contribution in [0, 0.1) is 5.41 Å². The number of hydrogen-bond donors (Lipinski definition) is 2. The van der Waals surface area contributed by atoms with Gasteiger partial charge in [-0.05, 0) is 31.2 Å². The lowest BCUT2D eigenvalue weighted by molar-refractivity contribution is -0.121.